The minimum absolute atomic E-state index is 0.0815. The van der Waals surface area contributed by atoms with Crippen LogP contribution in [0.1, 0.15) is 316 Å². The Morgan fingerprint density at radius 2 is 0.549 bits per heavy atom. The van der Waals surface area contributed by atoms with E-state index in [4.69, 9.17) is 14.2 Å². The van der Waals surface area contributed by atoms with E-state index in [1.165, 1.54) is 167 Å². The van der Waals surface area contributed by atoms with E-state index in [9.17, 15) is 14.4 Å². The third-order valence-corrected chi connectivity index (χ3v) is 13.5. The summed E-state index contributed by atoms with van der Waals surface area (Å²) < 4.78 is 16.9. The first kappa shape index (κ1) is 68.1. The molecule has 0 aliphatic carbocycles. The number of hydrogen-bond acceptors (Lipinski definition) is 6. The van der Waals surface area contributed by atoms with Crippen molar-refractivity contribution in [2.45, 2.75) is 322 Å². The number of rotatable bonds is 56. The van der Waals surface area contributed by atoms with Crippen LogP contribution < -0.4 is 0 Å². The molecule has 0 aliphatic heterocycles. The van der Waals surface area contributed by atoms with Crippen LogP contribution in [0.4, 0.5) is 0 Å². The average molecular weight is 994 g/mol. The summed E-state index contributed by atoms with van der Waals surface area (Å²) in [5.41, 5.74) is 0. The maximum atomic E-state index is 12.9. The van der Waals surface area contributed by atoms with Gasteiger partial charge in [-0.1, -0.05) is 274 Å². The third-order valence-electron chi connectivity index (χ3n) is 13.5. The van der Waals surface area contributed by atoms with E-state index in [1.54, 1.807) is 0 Å². The van der Waals surface area contributed by atoms with Crippen LogP contribution in [-0.4, -0.2) is 37.2 Å². The van der Waals surface area contributed by atoms with Gasteiger partial charge in [0.25, 0.3) is 0 Å². The number of ether oxygens (including phenoxy) is 3. The van der Waals surface area contributed by atoms with Crippen LogP contribution in [-0.2, 0) is 28.6 Å². The van der Waals surface area contributed by atoms with Crippen molar-refractivity contribution in [3.8, 4) is 0 Å². The molecule has 0 fully saturated rings. The Morgan fingerprint density at radius 3 is 0.887 bits per heavy atom. The van der Waals surface area contributed by atoms with Gasteiger partial charge in [-0.25, -0.2) is 0 Å². The first-order valence-corrected chi connectivity index (χ1v) is 30.8. The summed E-state index contributed by atoms with van der Waals surface area (Å²) in [5.74, 6) is -0.889. The van der Waals surface area contributed by atoms with Gasteiger partial charge in [0.05, 0.1) is 0 Å². The van der Waals surface area contributed by atoms with Crippen molar-refractivity contribution in [2.24, 2.45) is 0 Å². The molecule has 0 saturated heterocycles. The topological polar surface area (TPSA) is 78.9 Å². The zero-order chi connectivity index (χ0) is 51.4. The first-order chi connectivity index (χ1) is 35.0. The molecule has 0 aromatic rings. The minimum atomic E-state index is -0.784. The monoisotopic (exact) mass is 993 g/mol. The lowest BCUT2D eigenvalue weighted by molar-refractivity contribution is -0.167. The number of esters is 3. The lowest BCUT2D eigenvalue weighted by Crippen LogP contribution is -2.30. The SMILES string of the molecule is CC/C=C\C/C=C\C/C=C\CCCCCCCC(=O)OC[C@H](COC(=O)CCCCCCCCC/C=C\C/C=C\CCCCC)OC(=O)CCCCCCCCCCCCCCCCCCCCCCC. The van der Waals surface area contributed by atoms with Crippen molar-refractivity contribution in [1.29, 1.82) is 0 Å². The fraction of sp³-hybridized carbons (Fsp3) is 0.800. The van der Waals surface area contributed by atoms with Crippen LogP contribution in [0, 0.1) is 0 Å². The lowest BCUT2D eigenvalue weighted by Gasteiger charge is -2.18. The van der Waals surface area contributed by atoms with Crippen molar-refractivity contribution in [3.05, 3.63) is 60.8 Å². The smallest absolute Gasteiger partial charge is 0.306 e. The molecule has 0 aromatic carbocycles. The Kier molecular flexibility index (Phi) is 57.2. The van der Waals surface area contributed by atoms with Gasteiger partial charge in [-0.05, 0) is 83.5 Å². The second-order valence-corrected chi connectivity index (χ2v) is 20.6. The average Bonchev–Trinajstić information content (AvgIpc) is 3.37. The summed E-state index contributed by atoms with van der Waals surface area (Å²) >= 11 is 0. The van der Waals surface area contributed by atoms with Gasteiger partial charge in [-0.2, -0.15) is 0 Å². The molecule has 1 atom stereocenters. The fourth-order valence-electron chi connectivity index (χ4n) is 8.90. The molecule has 0 unspecified atom stereocenters. The van der Waals surface area contributed by atoms with Crippen molar-refractivity contribution in [2.75, 3.05) is 13.2 Å². The van der Waals surface area contributed by atoms with Gasteiger partial charge < -0.3 is 14.2 Å². The lowest BCUT2D eigenvalue weighted by atomic mass is 10.0. The van der Waals surface area contributed by atoms with Gasteiger partial charge in [0.2, 0.25) is 0 Å². The summed E-state index contributed by atoms with van der Waals surface area (Å²) in [4.78, 5) is 38.3. The van der Waals surface area contributed by atoms with Crippen LogP contribution >= 0.6 is 0 Å². The number of carbonyl (C=O) groups excluding carboxylic acids is 3. The van der Waals surface area contributed by atoms with E-state index < -0.39 is 6.10 Å². The number of hydrogen-bond donors (Lipinski definition) is 0. The quantitative estimate of drug-likeness (QED) is 0.0261. The Bertz CT molecular complexity index is 1280. The molecule has 0 saturated carbocycles. The molecule has 0 aromatic heterocycles. The van der Waals surface area contributed by atoms with E-state index in [1.807, 2.05) is 0 Å². The first-order valence-electron chi connectivity index (χ1n) is 30.8. The summed E-state index contributed by atoms with van der Waals surface area (Å²) in [5, 5.41) is 0. The molecule has 0 N–H and O–H groups in total. The van der Waals surface area contributed by atoms with E-state index in [0.717, 1.165) is 109 Å². The van der Waals surface area contributed by atoms with Crippen LogP contribution in [0.3, 0.4) is 0 Å². The third kappa shape index (κ3) is 57.9. The molecule has 6 nitrogen and oxygen atoms in total. The Hall–Kier alpha value is -2.89. The van der Waals surface area contributed by atoms with Gasteiger partial charge in [0.1, 0.15) is 13.2 Å². The second kappa shape index (κ2) is 59.7. The molecule has 0 bridgehead atoms. The zero-order valence-corrected chi connectivity index (χ0v) is 47.2. The van der Waals surface area contributed by atoms with Crippen LogP contribution in [0.25, 0.3) is 0 Å². The molecule has 71 heavy (non-hydrogen) atoms. The summed E-state index contributed by atoms with van der Waals surface area (Å²) in [6.45, 7) is 6.53. The fourth-order valence-corrected chi connectivity index (χ4v) is 8.90. The van der Waals surface area contributed by atoms with E-state index >= 15 is 0 Å². The summed E-state index contributed by atoms with van der Waals surface area (Å²) in [7, 11) is 0. The van der Waals surface area contributed by atoms with E-state index in [2.05, 4.69) is 81.5 Å². The molecule has 0 radical (unpaired) electrons. The highest BCUT2D eigenvalue weighted by atomic mass is 16.6. The zero-order valence-electron chi connectivity index (χ0n) is 47.2. The van der Waals surface area contributed by atoms with Gasteiger partial charge in [-0.15, -0.1) is 0 Å². The molecule has 412 valence electrons. The highest BCUT2D eigenvalue weighted by Crippen LogP contribution is 2.17. The predicted octanol–water partition coefficient (Wildman–Crippen LogP) is 20.8. The number of unbranched alkanes of at least 4 members (excludes halogenated alkanes) is 35. The number of allylic oxidation sites excluding steroid dienone is 10. The van der Waals surface area contributed by atoms with Gasteiger partial charge in [0.15, 0.2) is 6.10 Å². The van der Waals surface area contributed by atoms with Crippen molar-refractivity contribution < 1.29 is 28.6 Å². The standard InChI is InChI=1S/C65H116O6/c1-4-7-10-13-16-19-22-25-28-30-31-32-33-35-38-41-44-47-50-53-56-59-65(68)71-62(60-69-63(66)57-54-51-48-45-42-39-36-27-24-21-18-15-12-9-6-3)61-70-64(67)58-55-52-49-46-43-40-37-34-29-26-23-20-17-14-11-8-5-2/h9,12,17-18,20-21,26-27,29,36,62H,4-8,10-11,13-16,19,22-25,28,30-35,37-61H2,1-3H3/b12-9-,20-17-,21-18-,29-26-,36-27-/t62-/m1/s1. The minimum Gasteiger partial charge on any atom is -0.462 e. The highest BCUT2D eigenvalue weighted by molar-refractivity contribution is 5.71. The van der Waals surface area contributed by atoms with E-state index in [-0.39, 0.29) is 31.1 Å². The van der Waals surface area contributed by atoms with Crippen LogP contribution in [0.15, 0.2) is 60.8 Å². The van der Waals surface area contributed by atoms with Crippen molar-refractivity contribution in [1.82, 2.24) is 0 Å². The van der Waals surface area contributed by atoms with Crippen molar-refractivity contribution >= 4 is 17.9 Å². The molecule has 6 heteroatoms. The maximum Gasteiger partial charge on any atom is 0.306 e. The maximum absolute atomic E-state index is 12.9. The largest absolute Gasteiger partial charge is 0.462 e. The second-order valence-electron chi connectivity index (χ2n) is 20.6. The Balaban J connectivity index is 4.35. The van der Waals surface area contributed by atoms with Crippen molar-refractivity contribution in [3.63, 3.8) is 0 Å². The van der Waals surface area contributed by atoms with Crippen LogP contribution in [0.2, 0.25) is 0 Å². The molecule has 0 spiro atoms. The molecular weight excluding hydrogens is 877 g/mol. The van der Waals surface area contributed by atoms with Crippen LogP contribution in [0.5, 0.6) is 0 Å². The molecule has 0 rings (SSSR count). The molecular formula is C65H116O6. The van der Waals surface area contributed by atoms with Gasteiger partial charge in [0, 0.05) is 19.3 Å². The molecule has 0 amide bonds. The Labute approximate surface area is 440 Å². The number of carbonyl (C=O) groups is 3. The Morgan fingerprint density at radius 1 is 0.296 bits per heavy atom. The normalized spacial score (nSPS) is 12.4. The summed E-state index contributed by atoms with van der Waals surface area (Å²) in [6.07, 6.45) is 75.0. The predicted molar refractivity (Wildman–Crippen MR) is 307 cm³/mol. The highest BCUT2D eigenvalue weighted by Gasteiger charge is 2.19. The van der Waals surface area contributed by atoms with Gasteiger partial charge in [-0.3, -0.25) is 14.4 Å². The van der Waals surface area contributed by atoms with Gasteiger partial charge >= 0.3 is 17.9 Å². The molecule has 0 heterocycles. The molecule has 0 aliphatic rings. The van der Waals surface area contributed by atoms with E-state index in [0.29, 0.717) is 19.3 Å². The summed E-state index contributed by atoms with van der Waals surface area (Å²) in [6, 6.07) is 0.